The summed E-state index contributed by atoms with van der Waals surface area (Å²) in [5.74, 6) is -6.86. The highest BCUT2D eigenvalue weighted by atomic mass is 16.5. The van der Waals surface area contributed by atoms with Crippen molar-refractivity contribution < 1.29 is 53.0 Å². The minimum Gasteiger partial charge on any atom is -0.481 e. The van der Waals surface area contributed by atoms with Crippen LogP contribution in [0.2, 0.25) is 0 Å². The number of ether oxygens (including phenoxy) is 1. The number of hydrogen-bond donors (Lipinski definition) is 8. The van der Waals surface area contributed by atoms with Crippen molar-refractivity contribution in [1.82, 2.24) is 31.9 Å². The number of aliphatic carboxylic acids is 1. The number of carbonyl (C=O) groups is 9. The summed E-state index contributed by atoms with van der Waals surface area (Å²) >= 11 is 0. The molecule has 7 amide bonds. The van der Waals surface area contributed by atoms with Crippen LogP contribution in [0.3, 0.4) is 0 Å². The first-order chi connectivity index (χ1) is 27.2. The first-order valence-electron chi connectivity index (χ1n) is 19.4. The highest BCUT2D eigenvalue weighted by Gasteiger charge is 2.32. The Hall–Kier alpha value is -5.81. The van der Waals surface area contributed by atoms with E-state index in [4.69, 9.17) is 10.5 Å². The number of carboxylic acids is 1. The van der Waals surface area contributed by atoms with Gasteiger partial charge in [-0.1, -0.05) is 64.1 Å². The summed E-state index contributed by atoms with van der Waals surface area (Å²) in [6, 6.07) is 1.92. The summed E-state index contributed by atoms with van der Waals surface area (Å²) in [5.41, 5.74) is 6.02. The number of nitrogens with one attached hydrogen (secondary N) is 6. The molecule has 6 atom stereocenters. The average Bonchev–Trinajstić information content (AvgIpc) is 3.13. The maximum absolute atomic E-state index is 13.9. The van der Waals surface area contributed by atoms with Gasteiger partial charge in [-0.15, -0.1) is 0 Å². The number of nitrogens with two attached hydrogens (primary N) is 1. The van der Waals surface area contributed by atoms with Gasteiger partial charge in [0.2, 0.25) is 41.4 Å². The lowest BCUT2D eigenvalue weighted by atomic mass is 10.00. The predicted octanol–water partition coefficient (Wildman–Crippen LogP) is 0.520. The number of primary amides is 1. The lowest BCUT2D eigenvalue weighted by Gasteiger charge is -2.27. The molecule has 1 aromatic rings. The van der Waals surface area contributed by atoms with Crippen LogP contribution in [0, 0.1) is 11.8 Å². The molecule has 0 bridgehead atoms. The molecule has 0 radical (unpaired) electrons. The van der Waals surface area contributed by atoms with Crippen molar-refractivity contribution in [2.75, 3.05) is 6.61 Å². The second-order valence-electron chi connectivity index (χ2n) is 14.8. The minimum atomic E-state index is -1.38. The summed E-state index contributed by atoms with van der Waals surface area (Å²) in [4.78, 5) is 114. The monoisotopic (exact) mass is 815 g/mol. The van der Waals surface area contributed by atoms with Crippen molar-refractivity contribution >= 4 is 53.3 Å². The Morgan fingerprint density at radius 2 is 1.19 bits per heavy atom. The Kier molecular flexibility index (Phi) is 22.7. The fraction of sp³-hybridized carbons (Fsp3) is 0.575. The van der Waals surface area contributed by atoms with Crippen LogP contribution in [-0.4, -0.2) is 101 Å². The number of amides is 7. The number of esters is 1. The smallest absolute Gasteiger partial charge is 0.330 e. The first kappa shape index (κ1) is 50.2. The molecule has 58 heavy (non-hydrogen) atoms. The highest BCUT2D eigenvalue weighted by molar-refractivity contribution is 5.96. The summed E-state index contributed by atoms with van der Waals surface area (Å²) < 4.78 is 4.91. The van der Waals surface area contributed by atoms with E-state index in [1.54, 1.807) is 37.3 Å². The molecule has 0 aliphatic carbocycles. The third kappa shape index (κ3) is 20.9. The first-order valence-corrected chi connectivity index (χ1v) is 19.4. The molecule has 1 aromatic carbocycles. The van der Waals surface area contributed by atoms with Gasteiger partial charge < -0.3 is 47.5 Å². The van der Waals surface area contributed by atoms with E-state index < -0.39 is 96.0 Å². The van der Waals surface area contributed by atoms with Gasteiger partial charge in [-0.25, -0.2) is 4.79 Å². The molecule has 18 nitrogen and oxygen atoms in total. The van der Waals surface area contributed by atoms with Gasteiger partial charge in [0.1, 0.15) is 30.2 Å². The normalized spacial score (nSPS) is 14.2. The van der Waals surface area contributed by atoms with Gasteiger partial charge in [-0.05, 0) is 56.9 Å². The molecule has 18 heteroatoms. The summed E-state index contributed by atoms with van der Waals surface area (Å²) in [5, 5.41) is 24.9. The molecule has 0 fully saturated rings. The largest absolute Gasteiger partial charge is 0.481 e. The SMILES string of the molecule is CCOC(=O)C=CC(CCC(N)=O)NC(=O)C(Cc1ccccc1)NC(=O)C(CC(C)C)NC(=O)C(C)NC(=O)C(CCC(=O)O)NC(=O)C(CC(C)C)NC(C)=O. The summed E-state index contributed by atoms with van der Waals surface area (Å²) in [7, 11) is 0. The molecule has 0 saturated heterocycles. The van der Waals surface area contributed by atoms with Gasteiger partial charge in [-0.2, -0.15) is 0 Å². The zero-order valence-corrected chi connectivity index (χ0v) is 34.4. The molecule has 0 aliphatic heterocycles. The molecule has 322 valence electrons. The lowest BCUT2D eigenvalue weighted by molar-refractivity contribution is -0.139. The molecule has 0 heterocycles. The van der Waals surface area contributed by atoms with E-state index in [0.29, 0.717) is 5.56 Å². The van der Waals surface area contributed by atoms with Crippen molar-refractivity contribution in [1.29, 1.82) is 0 Å². The van der Waals surface area contributed by atoms with E-state index >= 15 is 0 Å². The van der Waals surface area contributed by atoms with E-state index in [9.17, 15) is 48.3 Å². The molecular weight excluding hydrogens is 754 g/mol. The van der Waals surface area contributed by atoms with Crippen LogP contribution >= 0.6 is 0 Å². The number of carboxylic acid groups (broad SMARTS) is 1. The zero-order valence-electron chi connectivity index (χ0n) is 34.4. The third-order valence-corrected chi connectivity index (χ3v) is 8.47. The van der Waals surface area contributed by atoms with E-state index in [-0.39, 0.29) is 57.0 Å². The Balaban J connectivity index is 3.28. The average molecular weight is 816 g/mol. The van der Waals surface area contributed by atoms with Crippen molar-refractivity contribution in [3.05, 3.63) is 48.0 Å². The van der Waals surface area contributed by atoms with Crippen LogP contribution in [0.4, 0.5) is 0 Å². The van der Waals surface area contributed by atoms with E-state index in [0.717, 1.165) is 6.08 Å². The van der Waals surface area contributed by atoms with Gasteiger partial charge in [0.05, 0.1) is 6.61 Å². The topological polar surface area (TPSA) is 281 Å². The molecule has 9 N–H and O–H groups in total. The molecule has 0 aromatic heterocycles. The fourth-order valence-electron chi connectivity index (χ4n) is 5.65. The van der Waals surface area contributed by atoms with Crippen LogP contribution in [-0.2, 0) is 54.3 Å². The Morgan fingerprint density at radius 1 is 0.672 bits per heavy atom. The molecule has 0 spiro atoms. The van der Waals surface area contributed by atoms with Crippen molar-refractivity contribution in [2.45, 2.75) is 130 Å². The Morgan fingerprint density at radius 3 is 1.71 bits per heavy atom. The van der Waals surface area contributed by atoms with Gasteiger partial charge in [-0.3, -0.25) is 38.4 Å². The van der Waals surface area contributed by atoms with Crippen molar-refractivity contribution in [2.24, 2.45) is 17.6 Å². The van der Waals surface area contributed by atoms with E-state index in [1.165, 1.54) is 19.9 Å². The van der Waals surface area contributed by atoms with Crippen molar-refractivity contribution in [3.63, 3.8) is 0 Å². The predicted molar refractivity (Wildman–Crippen MR) is 213 cm³/mol. The molecule has 0 saturated carbocycles. The van der Waals surface area contributed by atoms with Crippen LogP contribution < -0.4 is 37.6 Å². The van der Waals surface area contributed by atoms with Gasteiger partial charge in [0.25, 0.3) is 0 Å². The summed E-state index contributed by atoms with van der Waals surface area (Å²) in [6.07, 6.45) is 2.00. The van der Waals surface area contributed by atoms with Crippen LogP contribution in [0.5, 0.6) is 0 Å². The van der Waals surface area contributed by atoms with Crippen LogP contribution in [0.25, 0.3) is 0 Å². The van der Waals surface area contributed by atoms with Crippen LogP contribution in [0.15, 0.2) is 42.5 Å². The van der Waals surface area contributed by atoms with Gasteiger partial charge >= 0.3 is 11.9 Å². The fourth-order valence-corrected chi connectivity index (χ4v) is 5.65. The quantitative estimate of drug-likeness (QED) is 0.0471. The van der Waals surface area contributed by atoms with E-state index in [2.05, 4.69) is 31.9 Å². The van der Waals surface area contributed by atoms with Gasteiger partial charge in [0, 0.05) is 38.3 Å². The number of hydrogen-bond acceptors (Lipinski definition) is 10. The number of carbonyl (C=O) groups excluding carboxylic acids is 8. The highest BCUT2D eigenvalue weighted by Crippen LogP contribution is 2.11. The van der Waals surface area contributed by atoms with E-state index in [1.807, 2.05) is 27.7 Å². The maximum atomic E-state index is 13.9. The van der Waals surface area contributed by atoms with Crippen molar-refractivity contribution in [3.8, 4) is 0 Å². The third-order valence-electron chi connectivity index (χ3n) is 8.47. The minimum absolute atomic E-state index is 0.0123. The molecule has 6 unspecified atom stereocenters. The molecule has 0 aliphatic rings. The van der Waals surface area contributed by atoms with Gasteiger partial charge in [0.15, 0.2) is 0 Å². The number of rotatable bonds is 26. The Bertz CT molecular complexity index is 1600. The molecular formula is C40H61N7O11. The standard InChI is InChI=1S/C40H61N7O11/c1-8-58-35(52)19-15-28(14-17-33(41)49)44-38(55)32(22-27-12-10-9-11-13-27)47-40(57)31(21-24(4)5)46-36(53)25(6)42-37(54)29(16-18-34(50)51)45-39(56)30(20-23(2)3)43-26(7)48/h9-13,15,19,23-25,28-32H,8,14,16-18,20-22H2,1-7H3,(H2,41,49)(H,42,54)(H,43,48)(H,44,55)(H,45,56)(H,46,53)(H,47,57)(H,50,51). The second kappa shape index (κ2) is 26.2. The lowest BCUT2D eigenvalue weighted by Crippen LogP contribution is -2.59. The zero-order chi connectivity index (χ0) is 43.9. The maximum Gasteiger partial charge on any atom is 0.330 e. The second-order valence-corrected chi connectivity index (χ2v) is 14.8. The van der Waals surface area contributed by atoms with Crippen LogP contribution in [0.1, 0.15) is 92.6 Å². The summed E-state index contributed by atoms with van der Waals surface area (Å²) in [6.45, 7) is 11.6. The molecule has 1 rings (SSSR count). The Labute approximate surface area is 339 Å². The number of benzene rings is 1.